The Morgan fingerprint density at radius 2 is 1.20 bits per heavy atom. The smallest absolute Gasteiger partial charge is 0.0710 e. The van der Waals surface area contributed by atoms with Gasteiger partial charge in [0.25, 0.3) is 0 Å². The van der Waals surface area contributed by atoms with E-state index in [1.165, 1.54) is 87.6 Å². The topological polar surface area (TPSA) is 3.24 Å². The maximum atomic E-state index is 2.57. The van der Waals surface area contributed by atoms with E-state index in [0.29, 0.717) is 0 Å². The first-order valence-electron chi connectivity index (χ1n) is 20.9. The van der Waals surface area contributed by atoms with Gasteiger partial charge in [-0.15, -0.1) is 11.3 Å². The van der Waals surface area contributed by atoms with Crippen LogP contribution in [0.2, 0.25) is 0 Å². The zero-order valence-electron chi connectivity index (χ0n) is 33.9. The lowest BCUT2D eigenvalue weighted by atomic mass is 9.66. The van der Waals surface area contributed by atoms with Gasteiger partial charge in [0.15, 0.2) is 0 Å². The number of thiophene rings is 1. The van der Waals surface area contributed by atoms with Crippen molar-refractivity contribution in [3.8, 4) is 22.3 Å². The Hall–Kier alpha value is -6.48. The highest BCUT2D eigenvalue weighted by Crippen LogP contribution is 2.55. The number of anilines is 2. The van der Waals surface area contributed by atoms with Crippen molar-refractivity contribution in [1.29, 1.82) is 0 Å². The van der Waals surface area contributed by atoms with Crippen molar-refractivity contribution in [2.45, 2.75) is 44.6 Å². The van der Waals surface area contributed by atoms with Crippen LogP contribution < -0.4 is 4.90 Å². The van der Waals surface area contributed by atoms with Gasteiger partial charge in [-0.3, -0.25) is 0 Å². The largest absolute Gasteiger partial charge is 0.332 e. The molecule has 10 rings (SSSR count). The highest BCUT2D eigenvalue weighted by atomic mass is 32.1. The van der Waals surface area contributed by atoms with Crippen LogP contribution in [0.3, 0.4) is 0 Å². The summed E-state index contributed by atoms with van der Waals surface area (Å²) in [5.74, 6) is 0. The molecule has 1 aromatic heterocycles. The van der Waals surface area contributed by atoms with Crippen molar-refractivity contribution in [1.82, 2.24) is 0 Å². The van der Waals surface area contributed by atoms with Crippen molar-refractivity contribution < 1.29 is 0 Å². The van der Waals surface area contributed by atoms with Gasteiger partial charge in [0.2, 0.25) is 0 Å². The molecule has 2 aliphatic carbocycles. The molecule has 0 spiro atoms. The third-order valence-corrected chi connectivity index (χ3v) is 13.8. The fraction of sp³-hybridized carbons (Fsp3) is 0.123. The fourth-order valence-electron chi connectivity index (χ4n) is 9.84. The summed E-state index contributed by atoms with van der Waals surface area (Å²) in [6.45, 7) is 6.93. The summed E-state index contributed by atoms with van der Waals surface area (Å²) in [6, 6.07) is 67.3. The Bertz CT molecular complexity index is 2890. The van der Waals surface area contributed by atoms with Crippen LogP contribution in [0.5, 0.6) is 0 Å². The summed E-state index contributed by atoms with van der Waals surface area (Å²) >= 11 is 1.90. The summed E-state index contributed by atoms with van der Waals surface area (Å²) < 4.78 is 1.35. The SMILES string of the molecule is CC/C=C\C1=C(C)c2ccccc2C1(c1ccccc1)c1ccc(N(c2ccc(-c3cccc(-c4ccccc4)c3)cc2)C2(C)C=Cc3sc4ccccc4c3C2)cc1. The third kappa shape index (κ3) is 6.22. The molecular formula is C57H47NS. The average Bonchev–Trinajstić information content (AvgIpc) is 3.78. The van der Waals surface area contributed by atoms with Crippen molar-refractivity contribution in [3.63, 3.8) is 0 Å². The second-order valence-corrected chi connectivity index (χ2v) is 17.3. The van der Waals surface area contributed by atoms with Crippen LogP contribution in [-0.4, -0.2) is 5.54 Å². The van der Waals surface area contributed by atoms with Gasteiger partial charge in [0.1, 0.15) is 0 Å². The summed E-state index contributed by atoms with van der Waals surface area (Å²) in [5, 5.41) is 1.37. The minimum Gasteiger partial charge on any atom is -0.332 e. The van der Waals surface area contributed by atoms with Gasteiger partial charge in [-0.1, -0.05) is 171 Å². The van der Waals surface area contributed by atoms with Crippen LogP contribution in [0.15, 0.2) is 206 Å². The predicted octanol–water partition coefficient (Wildman–Crippen LogP) is 15.5. The number of hydrogen-bond acceptors (Lipinski definition) is 2. The standard InChI is InChI=1S/C57H47NS/c1-4-5-25-52-40(2)49-23-12-14-26-53(49)57(52,45-21-10-7-11-22-45)46-30-34-48(35-31-46)58(56(3)37-36-55-51(39-56)50-24-13-15-27-54(50)59-55)47-32-28-42(29-33-47)44-20-16-19-43(38-44)41-17-8-6-9-18-41/h5-38H,4,39H2,1-3H3/b25-5-. The van der Waals surface area contributed by atoms with E-state index in [2.05, 4.69) is 232 Å². The third-order valence-electron chi connectivity index (χ3n) is 12.6. The zero-order chi connectivity index (χ0) is 40.0. The van der Waals surface area contributed by atoms with Crippen LogP contribution in [0.25, 0.3) is 44.0 Å². The molecule has 0 saturated heterocycles. The number of benzene rings is 7. The van der Waals surface area contributed by atoms with Crippen LogP contribution in [0, 0.1) is 0 Å². The maximum absolute atomic E-state index is 2.57. The van der Waals surface area contributed by atoms with E-state index in [1.807, 2.05) is 11.3 Å². The molecule has 0 amide bonds. The molecule has 0 fully saturated rings. The lowest BCUT2D eigenvalue weighted by Gasteiger charge is -2.43. The normalized spacial score (nSPS) is 18.4. The van der Waals surface area contributed by atoms with E-state index >= 15 is 0 Å². The molecule has 0 radical (unpaired) electrons. The molecule has 2 heteroatoms. The van der Waals surface area contributed by atoms with Gasteiger partial charge in [-0.05, 0) is 129 Å². The van der Waals surface area contributed by atoms with Crippen LogP contribution >= 0.6 is 11.3 Å². The maximum Gasteiger partial charge on any atom is 0.0710 e. The summed E-state index contributed by atoms with van der Waals surface area (Å²) in [6.07, 6.45) is 11.4. The summed E-state index contributed by atoms with van der Waals surface area (Å²) in [5.41, 5.74) is 15.8. The Morgan fingerprint density at radius 1 is 0.610 bits per heavy atom. The Kier molecular flexibility index (Phi) is 9.39. The Balaban J connectivity index is 1.11. The van der Waals surface area contributed by atoms with E-state index in [9.17, 15) is 0 Å². The molecular weight excluding hydrogens is 731 g/mol. The van der Waals surface area contributed by atoms with Gasteiger partial charge in [-0.25, -0.2) is 0 Å². The van der Waals surface area contributed by atoms with E-state index < -0.39 is 5.41 Å². The molecule has 8 aromatic rings. The first-order chi connectivity index (χ1) is 29.0. The van der Waals surface area contributed by atoms with E-state index in [-0.39, 0.29) is 5.54 Å². The van der Waals surface area contributed by atoms with Crippen LogP contribution in [-0.2, 0) is 11.8 Å². The van der Waals surface area contributed by atoms with Gasteiger partial charge >= 0.3 is 0 Å². The monoisotopic (exact) mass is 777 g/mol. The molecule has 1 heterocycles. The highest BCUT2D eigenvalue weighted by Gasteiger charge is 2.46. The Morgan fingerprint density at radius 3 is 1.93 bits per heavy atom. The molecule has 1 nitrogen and oxygen atoms in total. The van der Waals surface area contributed by atoms with Gasteiger partial charge in [-0.2, -0.15) is 0 Å². The molecule has 2 unspecified atom stereocenters. The van der Waals surface area contributed by atoms with E-state index in [1.54, 1.807) is 0 Å². The molecule has 0 N–H and O–H groups in total. The minimum absolute atomic E-state index is 0.324. The zero-order valence-corrected chi connectivity index (χ0v) is 34.7. The Labute approximate surface area is 353 Å². The second kappa shape index (κ2) is 15.0. The number of fused-ring (bicyclic) bond motifs is 4. The van der Waals surface area contributed by atoms with Gasteiger partial charge < -0.3 is 4.90 Å². The quantitative estimate of drug-likeness (QED) is 0.141. The molecule has 0 aliphatic heterocycles. The molecule has 0 saturated carbocycles. The van der Waals surface area contributed by atoms with Crippen molar-refractivity contribution in [2.75, 3.05) is 4.90 Å². The molecule has 2 aliphatic rings. The fourth-order valence-corrected chi connectivity index (χ4v) is 11.0. The predicted molar refractivity (Wildman–Crippen MR) is 254 cm³/mol. The van der Waals surface area contributed by atoms with Crippen molar-refractivity contribution in [3.05, 3.63) is 238 Å². The average molecular weight is 778 g/mol. The molecule has 2 atom stereocenters. The number of hydrogen-bond donors (Lipinski definition) is 0. The first-order valence-corrected chi connectivity index (χ1v) is 21.7. The first kappa shape index (κ1) is 36.8. The molecule has 0 bridgehead atoms. The summed E-state index contributed by atoms with van der Waals surface area (Å²) in [7, 11) is 0. The van der Waals surface area contributed by atoms with E-state index in [4.69, 9.17) is 0 Å². The number of allylic oxidation sites excluding steroid dienone is 4. The minimum atomic E-state index is -0.438. The molecule has 59 heavy (non-hydrogen) atoms. The number of nitrogens with zero attached hydrogens (tertiary/aromatic N) is 1. The van der Waals surface area contributed by atoms with Gasteiger partial charge in [0, 0.05) is 27.4 Å². The summed E-state index contributed by atoms with van der Waals surface area (Å²) in [4.78, 5) is 3.94. The van der Waals surface area contributed by atoms with Crippen LogP contribution in [0.1, 0.15) is 59.9 Å². The number of rotatable bonds is 9. The van der Waals surface area contributed by atoms with Crippen LogP contribution in [0.4, 0.5) is 11.4 Å². The lowest BCUT2D eigenvalue weighted by Crippen LogP contribution is -2.45. The molecule has 7 aromatic carbocycles. The van der Waals surface area contributed by atoms with Gasteiger partial charge in [0.05, 0.1) is 11.0 Å². The molecule has 286 valence electrons. The second-order valence-electron chi connectivity index (χ2n) is 16.2. The lowest BCUT2D eigenvalue weighted by molar-refractivity contribution is 0.563. The van der Waals surface area contributed by atoms with Crippen molar-refractivity contribution >= 4 is 44.4 Å². The van der Waals surface area contributed by atoms with Crippen molar-refractivity contribution in [2.24, 2.45) is 0 Å². The highest BCUT2D eigenvalue weighted by molar-refractivity contribution is 7.20. The van der Waals surface area contributed by atoms with E-state index in [0.717, 1.165) is 12.8 Å².